The first-order chi connectivity index (χ1) is 9.02. The number of carbonyl (C=O) groups excluding carboxylic acids is 1. The molecule has 0 unspecified atom stereocenters. The van der Waals surface area contributed by atoms with E-state index in [4.69, 9.17) is 5.73 Å². The van der Waals surface area contributed by atoms with Gasteiger partial charge in [0.15, 0.2) is 0 Å². The van der Waals surface area contributed by atoms with Gasteiger partial charge in [-0.25, -0.2) is 13.9 Å². The van der Waals surface area contributed by atoms with Crippen molar-refractivity contribution in [2.45, 2.75) is 10.1 Å². The minimum Gasteiger partial charge on any atom is -0.465 e. The zero-order valence-electron chi connectivity index (χ0n) is 10.1. The van der Waals surface area contributed by atoms with Crippen LogP contribution in [-0.2, 0) is 11.8 Å². The van der Waals surface area contributed by atoms with Gasteiger partial charge in [0.25, 0.3) is 0 Å². The number of nitrogens with zero attached hydrogens (tertiary/aromatic N) is 4. The van der Waals surface area contributed by atoms with Crippen molar-refractivity contribution in [1.29, 1.82) is 0 Å². The van der Waals surface area contributed by atoms with E-state index < -0.39 is 11.8 Å². The second kappa shape index (κ2) is 5.22. The molecule has 0 aliphatic carbocycles. The molecule has 9 heteroatoms. The van der Waals surface area contributed by atoms with Gasteiger partial charge in [0, 0.05) is 12.7 Å². The Kier molecular flexibility index (Phi) is 3.65. The second-order valence-corrected chi connectivity index (χ2v) is 4.56. The van der Waals surface area contributed by atoms with Crippen LogP contribution < -0.4 is 5.73 Å². The van der Waals surface area contributed by atoms with E-state index in [2.05, 4.69) is 20.3 Å². The summed E-state index contributed by atoms with van der Waals surface area (Å²) in [7, 11) is 2.85. The van der Waals surface area contributed by atoms with Crippen LogP contribution in [0, 0.1) is 5.82 Å². The van der Waals surface area contributed by atoms with Crippen LogP contribution >= 0.6 is 11.8 Å². The Balaban J connectivity index is 2.40. The van der Waals surface area contributed by atoms with Gasteiger partial charge in [0.2, 0.25) is 5.16 Å². The van der Waals surface area contributed by atoms with Gasteiger partial charge in [0.05, 0.1) is 17.6 Å². The molecule has 2 N–H and O–H groups in total. The number of ether oxygens (including phenoxy) is 1. The van der Waals surface area contributed by atoms with E-state index in [1.54, 1.807) is 7.05 Å². The highest BCUT2D eigenvalue weighted by molar-refractivity contribution is 7.99. The van der Waals surface area contributed by atoms with Crippen molar-refractivity contribution in [1.82, 2.24) is 20.2 Å². The van der Waals surface area contributed by atoms with Crippen molar-refractivity contribution in [3.63, 3.8) is 0 Å². The quantitative estimate of drug-likeness (QED) is 0.659. The summed E-state index contributed by atoms with van der Waals surface area (Å²) in [4.78, 5) is 11.7. The number of halogens is 1. The van der Waals surface area contributed by atoms with E-state index >= 15 is 0 Å². The summed E-state index contributed by atoms with van der Waals surface area (Å²) >= 11 is 0.987. The summed E-state index contributed by atoms with van der Waals surface area (Å²) in [6, 6.07) is 2.38. The van der Waals surface area contributed by atoms with Crippen molar-refractivity contribution in [2.24, 2.45) is 7.05 Å². The third-order valence-corrected chi connectivity index (χ3v) is 3.35. The van der Waals surface area contributed by atoms with E-state index in [1.807, 2.05) is 0 Å². The number of carbonyl (C=O) groups is 1. The first kappa shape index (κ1) is 13.3. The average molecular weight is 283 g/mol. The van der Waals surface area contributed by atoms with Crippen LogP contribution in [-0.4, -0.2) is 33.3 Å². The molecular formula is C10H10FN5O2S. The van der Waals surface area contributed by atoms with Gasteiger partial charge in [0.1, 0.15) is 5.82 Å². The maximum Gasteiger partial charge on any atom is 0.339 e. The van der Waals surface area contributed by atoms with Gasteiger partial charge in [-0.15, -0.1) is 5.10 Å². The number of rotatable bonds is 3. The molecule has 0 fully saturated rings. The Labute approximate surface area is 111 Å². The van der Waals surface area contributed by atoms with Crippen LogP contribution in [0.25, 0.3) is 0 Å². The van der Waals surface area contributed by atoms with E-state index in [9.17, 15) is 9.18 Å². The van der Waals surface area contributed by atoms with Crippen molar-refractivity contribution < 1.29 is 13.9 Å². The molecule has 1 aromatic heterocycles. The number of aryl methyl sites for hydroxylation is 1. The Morgan fingerprint density at radius 3 is 2.84 bits per heavy atom. The SMILES string of the molecule is COC(=O)c1cc(Sc2nnnn2C)c(F)cc1N. The highest BCUT2D eigenvalue weighted by Gasteiger charge is 2.17. The Hall–Kier alpha value is -2.16. The lowest BCUT2D eigenvalue weighted by molar-refractivity contribution is 0.0601. The zero-order chi connectivity index (χ0) is 14.0. The lowest BCUT2D eigenvalue weighted by Crippen LogP contribution is -2.06. The number of anilines is 1. The van der Waals surface area contributed by atoms with Crippen molar-refractivity contribution in [3.8, 4) is 0 Å². The number of benzene rings is 1. The largest absolute Gasteiger partial charge is 0.465 e. The molecule has 2 rings (SSSR count). The van der Waals surface area contributed by atoms with E-state index in [0.29, 0.717) is 5.16 Å². The summed E-state index contributed by atoms with van der Waals surface area (Å²) in [5.41, 5.74) is 5.69. The number of hydrogen-bond donors (Lipinski definition) is 1. The number of aromatic nitrogens is 4. The van der Waals surface area contributed by atoms with E-state index in [0.717, 1.165) is 17.8 Å². The second-order valence-electron chi connectivity index (χ2n) is 3.55. The summed E-state index contributed by atoms with van der Waals surface area (Å²) in [5.74, 6) is -1.19. The molecule has 2 aromatic rings. The fourth-order valence-electron chi connectivity index (χ4n) is 1.34. The molecular weight excluding hydrogens is 273 g/mol. The van der Waals surface area contributed by atoms with Gasteiger partial charge < -0.3 is 10.5 Å². The van der Waals surface area contributed by atoms with Gasteiger partial charge >= 0.3 is 5.97 Å². The third-order valence-electron chi connectivity index (χ3n) is 2.29. The fraction of sp³-hybridized carbons (Fsp3) is 0.200. The van der Waals surface area contributed by atoms with Crippen molar-refractivity contribution in [3.05, 3.63) is 23.5 Å². The predicted octanol–water partition coefficient (Wildman–Crippen LogP) is 0.869. The molecule has 1 aromatic carbocycles. The monoisotopic (exact) mass is 283 g/mol. The first-order valence-electron chi connectivity index (χ1n) is 5.10. The molecule has 0 aliphatic heterocycles. The van der Waals surface area contributed by atoms with Crippen LogP contribution in [0.15, 0.2) is 22.2 Å². The Morgan fingerprint density at radius 1 is 1.53 bits per heavy atom. The molecule has 7 nitrogen and oxygen atoms in total. The lowest BCUT2D eigenvalue weighted by Gasteiger charge is -2.07. The van der Waals surface area contributed by atoms with Crippen LogP contribution in [0.2, 0.25) is 0 Å². The number of methoxy groups -OCH3 is 1. The first-order valence-corrected chi connectivity index (χ1v) is 5.92. The standard InChI is InChI=1S/C10H10FN5O2S/c1-16-10(13-14-15-16)19-8-3-5(9(17)18-2)7(12)4-6(8)11/h3-4H,12H2,1-2H3. The highest BCUT2D eigenvalue weighted by Crippen LogP contribution is 2.30. The molecule has 0 atom stereocenters. The van der Waals surface area contributed by atoms with E-state index in [1.165, 1.54) is 17.9 Å². The highest BCUT2D eigenvalue weighted by atomic mass is 32.2. The molecule has 0 saturated carbocycles. The van der Waals surface area contributed by atoms with Gasteiger partial charge in [-0.1, -0.05) is 0 Å². The van der Waals surface area contributed by atoms with Crippen LogP contribution in [0.1, 0.15) is 10.4 Å². The molecule has 100 valence electrons. The van der Waals surface area contributed by atoms with Gasteiger partial charge in [-0.05, 0) is 34.3 Å². The van der Waals surface area contributed by atoms with Crippen molar-refractivity contribution in [2.75, 3.05) is 12.8 Å². The van der Waals surface area contributed by atoms with Gasteiger partial charge in [-0.3, -0.25) is 0 Å². The van der Waals surface area contributed by atoms with Crippen LogP contribution in [0.5, 0.6) is 0 Å². The third kappa shape index (κ3) is 2.65. The number of nitrogens with two attached hydrogens (primary N) is 1. The molecule has 0 radical (unpaired) electrons. The molecule has 0 bridgehead atoms. The predicted molar refractivity (Wildman–Crippen MR) is 65.1 cm³/mol. The topological polar surface area (TPSA) is 95.9 Å². The molecule has 0 aliphatic rings. The van der Waals surface area contributed by atoms with Crippen LogP contribution in [0.3, 0.4) is 0 Å². The summed E-state index contributed by atoms with van der Waals surface area (Å²) in [6.45, 7) is 0. The van der Waals surface area contributed by atoms with Gasteiger partial charge in [-0.2, -0.15) is 0 Å². The zero-order valence-corrected chi connectivity index (χ0v) is 10.9. The molecule has 19 heavy (non-hydrogen) atoms. The summed E-state index contributed by atoms with van der Waals surface area (Å²) in [6.07, 6.45) is 0. The minimum absolute atomic E-state index is 0.0183. The Bertz CT molecular complexity index is 630. The molecule has 1 heterocycles. The maximum absolute atomic E-state index is 13.8. The fourth-order valence-corrected chi connectivity index (χ4v) is 2.12. The minimum atomic E-state index is -0.629. The number of nitrogen functional groups attached to an aromatic ring is 1. The maximum atomic E-state index is 13.8. The number of tetrazole rings is 1. The summed E-state index contributed by atoms with van der Waals surface area (Å²) < 4.78 is 19.8. The van der Waals surface area contributed by atoms with E-state index in [-0.39, 0.29) is 16.1 Å². The molecule has 0 saturated heterocycles. The number of hydrogen-bond acceptors (Lipinski definition) is 7. The van der Waals surface area contributed by atoms with Crippen LogP contribution in [0.4, 0.5) is 10.1 Å². The molecule has 0 spiro atoms. The van der Waals surface area contributed by atoms with Crippen molar-refractivity contribution >= 4 is 23.4 Å². The Morgan fingerprint density at radius 2 is 2.26 bits per heavy atom. The summed E-state index contributed by atoms with van der Waals surface area (Å²) in [5, 5.41) is 11.2. The average Bonchev–Trinajstić information content (AvgIpc) is 2.77. The smallest absolute Gasteiger partial charge is 0.339 e. The lowest BCUT2D eigenvalue weighted by atomic mass is 10.2. The normalized spacial score (nSPS) is 10.5. The number of esters is 1. The molecule has 0 amide bonds.